The molecule has 3 rings (SSSR count). The molecular weight excluding hydrogens is 306 g/mol. The Bertz CT molecular complexity index is 574. The van der Waals surface area contributed by atoms with E-state index in [-0.39, 0.29) is 0 Å². The van der Waals surface area contributed by atoms with Crippen LogP contribution in [0, 0.1) is 0 Å². The first kappa shape index (κ1) is 12.6. The lowest BCUT2D eigenvalue weighted by molar-refractivity contribution is 0.294. The molecule has 0 atom stereocenters. The molecule has 0 saturated carbocycles. The van der Waals surface area contributed by atoms with Crippen LogP contribution in [0.5, 0.6) is 5.75 Å². The molecule has 1 aliphatic rings. The summed E-state index contributed by atoms with van der Waals surface area (Å²) in [6.07, 6.45) is 0.939. The van der Waals surface area contributed by atoms with E-state index in [9.17, 15) is 0 Å². The molecular formula is C14H14BrN3O. The monoisotopic (exact) mass is 319 g/mol. The minimum atomic E-state index is 0.392. The maximum atomic E-state index is 5.68. The van der Waals surface area contributed by atoms with Gasteiger partial charge in [-0.2, -0.15) is 0 Å². The van der Waals surface area contributed by atoms with E-state index in [1.165, 1.54) is 0 Å². The summed E-state index contributed by atoms with van der Waals surface area (Å²) in [5.41, 5.74) is 2.28. The largest absolute Gasteiger partial charge is 0.486 e. The first-order valence-electron chi connectivity index (χ1n) is 6.25. The maximum Gasteiger partial charge on any atom is 0.167 e. The number of para-hydroxylation sites is 1. The molecule has 0 unspecified atom stereocenters. The fraction of sp³-hybridized carbons (Fsp3) is 0.286. The van der Waals surface area contributed by atoms with Crippen molar-refractivity contribution in [3.63, 3.8) is 0 Å². The number of fused-ring (bicyclic) bond motifs is 1. The molecule has 0 saturated heterocycles. The van der Waals surface area contributed by atoms with Crippen LogP contribution in [-0.2, 0) is 19.6 Å². The highest BCUT2D eigenvalue weighted by Gasteiger charge is 2.16. The molecule has 1 aromatic carbocycles. The van der Waals surface area contributed by atoms with E-state index in [1.807, 2.05) is 30.3 Å². The second kappa shape index (κ2) is 5.67. The van der Waals surface area contributed by atoms with Gasteiger partial charge in [-0.1, -0.05) is 18.2 Å². The summed E-state index contributed by atoms with van der Waals surface area (Å²) in [6.45, 7) is 2.19. The average Bonchev–Trinajstić information content (AvgIpc) is 2.46. The van der Waals surface area contributed by atoms with Gasteiger partial charge in [-0.05, 0) is 28.1 Å². The zero-order valence-electron chi connectivity index (χ0n) is 10.4. The molecule has 0 radical (unpaired) electrons. The summed E-state index contributed by atoms with van der Waals surface area (Å²) < 4.78 is 6.55. The molecule has 2 heterocycles. The van der Waals surface area contributed by atoms with Gasteiger partial charge in [0.15, 0.2) is 5.82 Å². The molecule has 0 amide bonds. The molecule has 1 aliphatic heterocycles. The summed E-state index contributed by atoms with van der Waals surface area (Å²) in [5, 5.41) is 3.32. The Morgan fingerprint density at radius 2 is 2.05 bits per heavy atom. The lowest BCUT2D eigenvalue weighted by Gasteiger charge is -2.18. The van der Waals surface area contributed by atoms with Gasteiger partial charge in [0, 0.05) is 25.1 Å². The number of aromatic nitrogens is 2. The molecule has 0 aliphatic carbocycles. The molecule has 0 spiro atoms. The van der Waals surface area contributed by atoms with Crippen molar-refractivity contribution in [1.29, 1.82) is 0 Å². The first-order valence-corrected chi connectivity index (χ1v) is 7.05. The van der Waals surface area contributed by atoms with E-state index in [1.54, 1.807) is 0 Å². The van der Waals surface area contributed by atoms with Gasteiger partial charge < -0.3 is 10.1 Å². The Labute approximate surface area is 120 Å². The molecule has 1 aromatic heterocycles. The number of nitrogens with zero attached hydrogens (tertiary/aromatic N) is 2. The SMILES string of the molecule is Brc1nc(COc2ccccc2)nc2c1CNCC2. The number of hydrogen-bond donors (Lipinski definition) is 1. The number of halogens is 1. The van der Waals surface area contributed by atoms with Crippen LogP contribution in [0.4, 0.5) is 0 Å². The Morgan fingerprint density at radius 1 is 1.21 bits per heavy atom. The molecule has 0 fully saturated rings. The molecule has 5 heteroatoms. The molecule has 0 bridgehead atoms. The van der Waals surface area contributed by atoms with Crippen molar-refractivity contribution in [2.75, 3.05) is 6.54 Å². The van der Waals surface area contributed by atoms with Gasteiger partial charge in [0.1, 0.15) is 17.0 Å². The molecule has 2 aromatic rings. The quantitative estimate of drug-likeness (QED) is 0.883. The van der Waals surface area contributed by atoms with Crippen molar-refractivity contribution in [1.82, 2.24) is 15.3 Å². The van der Waals surface area contributed by atoms with Crippen LogP contribution in [0.15, 0.2) is 34.9 Å². The van der Waals surface area contributed by atoms with Crippen LogP contribution in [0.2, 0.25) is 0 Å². The smallest absolute Gasteiger partial charge is 0.167 e. The van der Waals surface area contributed by atoms with Crippen LogP contribution >= 0.6 is 15.9 Å². The lowest BCUT2D eigenvalue weighted by atomic mass is 10.1. The van der Waals surface area contributed by atoms with Crippen molar-refractivity contribution >= 4 is 15.9 Å². The summed E-state index contributed by atoms with van der Waals surface area (Å²) in [4.78, 5) is 9.03. The average molecular weight is 320 g/mol. The highest BCUT2D eigenvalue weighted by Crippen LogP contribution is 2.21. The topological polar surface area (TPSA) is 47.0 Å². The van der Waals surface area contributed by atoms with Gasteiger partial charge in [0.2, 0.25) is 0 Å². The normalized spacial score (nSPS) is 13.9. The van der Waals surface area contributed by atoms with Crippen LogP contribution in [-0.4, -0.2) is 16.5 Å². The number of nitrogens with one attached hydrogen (secondary N) is 1. The highest BCUT2D eigenvalue weighted by atomic mass is 79.9. The third-order valence-corrected chi connectivity index (χ3v) is 3.70. The van der Waals surface area contributed by atoms with Crippen molar-refractivity contribution in [2.24, 2.45) is 0 Å². The zero-order chi connectivity index (χ0) is 13.1. The van der Waals surface area contributed by atoms with E-state index < -0.39 is 0 Å². The molecule has 1 N–H and O–H groups in total. The fourth-order valence-corrected chi connectivity index (χ4v) is 2.65. The van der Waals surface area contributed by atoms with E-state index in [0.717, 1.165) is 46.9 Å². The van der Waals surface area contributed by atoms with Crippen LogP contribution in [0.1, 0.15) is 17.1 Å². The third-order valence-electron chi connectivity index (χ3n) is 3.04. The molecule has 19 heavy (non-hydrogen) atoms. The second-order valence-corrected chi connectivity index (χ2v) is 5.14. The van der Waals surface area contributed by atoms with E-state index in [2.05, 4.69) is 31.2 Å². The zero-order valence-corrected chi connectivity index (χ0v) is 12.0. The van der Waals surface area contributed by atoms with Gasteiger partial charge in [0.05, 0.1) is 5.69 Å². The Hall–Kier alpha value is -1.46. The van der Waals surface area contributed by atoms with Gasteiger partial charge in [-0.3, -0.25) is 0 Å². The molecule has 98 valence electrons. The minimum Gasteiger partial charge on any atom is -0.486 e. The van der Waals surface area contributed by atoms with Crippen LogP contribution in [0.3, 0.4) is 0 Å². The van der Waals surface area contributed by atoms with Crippen molar-refractivity contribution in [2.45, 2.75) is 19.6 Å². The van der Waals surface area contributed by atoms with Gasteiger partial charge in [-0.25, -0.2) is 9.97 Å². The maximum absolute atomic E-state index is 5.68. The Kier molecular flexibility index (Phi) is 3.75. The third kappa shape index (κ3) is 2.93. The summed E-state index contributed by atoms with van der Waals surface area (Å²) in [7, 11) is 0. The Balaban J connectivity index is 1.76. The fourth-order valence-electron chi connectivity index (χ4n) is 2.08. The van der Waals surface area contributed by atoms with Gasteiger partial charge in [0.25, 0.3) is 0 Å². The second-order valence-electron chi connectivity index (χ2n) is 4.38. The van der Waals surface area contributed by atoms with Crippen molar-refractivity contribution in [3.8, 4) is 5.75 Å². The number of rotatable bonds is 3. The molecule has 4 nitrogen and oxygen atoms in total. The highest BCUT2D eigenvalue weighted by molar-refractivity contribution is 9.10. The van der Waals surface area contributed by atoms with Crippen molar-refractivity contribution in [3.05, 3.63) is 52.0 Å². The predicted molar refractivity (Wildman–Crippen MR) is 75.9 cm³/mol. The minimum absolute atomic E-state index is 0.392. The van der Waals surface area contributed by atoms with Crippen molar-refractivity contribution < 1.29 is 4.74 Å². The van der Waals surface area contributed by atoms with Crippen LogP contribution < -0.4 is 10.1 Å². The summed E-state index contributed by atoms with van der Waals surface area (Å²) in [6, 6.07) is 9.72. The summed E-state index contributed by atoms with van der Waals surface area (Å²) >= 11 is 3.51. The van der Waals surface area contributed by atoms with E-state index in [0.29, 0.717) is 6.61 Å². The summed E-state index contributed by atoms with van der Waals surface area (Å²) in [5.74, 6) is 1.55. The number of hydrogen-bond acceptors (Lipinski definition) is 4. The van der Waals surface area contributed by atoms with E-state index >= 15 is 0 Å². The first-order chi connectivity index (χ1) is 9.33. The predicted octanol–water partition coefficient (Wildman–Crippen LogP) is 2.46. The van der Waals surface area contributed by atoms with Gasteiger partial charge in [-0.15, -0.1) is 0 Å². The standard InChI is InChI=1S/C14H14BrN3O/c15-14-11-8-16-7-6-12(11)17-13(18-14)9-19-10-4-2-1-3-5-10/h1-5,16H,6-9H2. The van der Waals surface area contributed by atoms with E-state index in [4.69, 9.17) is 4.74 Å². The van der Waals surface area contributed by atoms with Crippen LogP contribution in [0.25, 0.3) is 0 Å². The van der Waals surface area contributed by atoms with Gasteiger partial charge >= 0.3 is 0 Å². The lowest BCUT2D eigenvalue weighted by Crippen LogP contribution is -2.26. The number of ether oxygens (including phenoxy) is 1. The number of benzene rings is 1. The Morgan fingerprint density at radius 3 is 2.89 bits per heavy atom.